The molecule has 0 radical (unpaired) electrons. The van der Waals surface area contributed by atoms with Crippen molar-refractivity contribution < 1.29 is 14.9 Å². The van der Waals surface area contributed by atoms with Gasteiger partial charge in [0.1, 0.15) is 11.5 Å². The number of pyridine rings is 1. The minimum absolute atomic E-state index is 0.238. The van der Waals surface area contributed by atoms with E-state index in [0.29, 0.717) is 19.4 Å². The molecule has 2 N–H and O–H groups in total. The number of ether oxygens (including phenoxy) is 1. The lowest BCUT2D eigenvalue weighted by Gasteiger charge is -2.56. The van der Waals surface area contributed by atoms with Gasteiger partial charge in [-0.1, -0.05) is 12.1 Å². The zero-order valence-corrected chi connectivity index (χ0v) is 16.9. The molecule has 29 heavy (non-hydrogen) atoms. The van der Waals surface area contributed by atoms with E-state index in [-0.39, 0.29) is 5.75 Å². The smallest absolute Gasteiger partial charge is 0.119 e. The van der Waals surface area contributed by atoms with Crippen molar-refractivity contribution in [3.8, 4) is 11.5 Å². The summed E-state index contributed by atoms with van der Waals surface area (Å²) in [5.74, 6) is 1.04. The Morgan fingerprint density at radius 3 is 2.76 bits per heavy atom. The van der Waals surface area contributed by atoms with Crippen LogP contribution in [0.25, 0.3) is 10.9 Å². The van der Waals surface area contributed by atoms with Crippen molar-refractivity contribution >= 4 is 10.9 Å². The Morgan fingerprint density at radius 2 is 1.97 bits per heavy atom. The van der Waals surface area contributed by atoms with Crippen LogP contribution >= 0.6 is 0 Å². The average Bonchev–Trinajstić information content (AvgIpc) is 2.70. The van der Waals surface area contributed by atoms with Gasteiger partial charge in [0.2, 0.25) is 0 Å². The van der Waals surface area contributed by atoms with Crippen molar-refractivity contribution in [2.24, 2.45) is 0 Å². The van der Waals surface area contributed by atoms with Crippen LogP contribution < -0.4 is 4.74 Å². The summed E-state index contributed by atoms with van der Waals surface area (Å²) in [6.45, 7) is 1.50. The normalized spacial score (nSPS) is 26.7. The van der Waals surface area contributed by atoms with E-state index >= 15 is 0 Å². The number of hydrogen-bond donors (Lipinski definition) is 2. The van der Waals surface area contributed by atoms with Gasteiger partial charge >= 0.3 is 0 Å². The number of likely N-dealkylation sites (tertiary alicyclic amines) is 1. The van der Waals surface area contributed by atoms with Crippen molar-refractivity contribution in [3.05, 3.63) is 65.4 Å². The molecule has 0 spiro atoms. The zero-order valence-electron chi connectivity index (χ0n) is 16.9. The number of methoxy groups -OCH3 is 1. The number of phenols is 1. The summed E-state index contributed by atoms with van der Waals surface area (Å²) < 4.78 is 5.36. The first-order valence-corrected chi connectivity index (χ1v) is 10.1. The molecule has 3 aromatic rings. The van der Waals surface area contributed by atoms with Gasteiger partial charge in [0.25, 0.3) is 0 Å². The van der Waals surface area contributed by atoms with Crippen molar-refractivity contribution in [1.29, 1.82) is 0 Å². The van der Waals surface area contributed by atoms with Crippen LogP contribution in [0, 0.1) is 0 Å². The second-order valence-electron chi connectivity index (χ2n) is 8.66. The molecule has 150 valence electrons. The number of rotatable bonds is 2. The molecule has 2 heterocycles. The molecule has 5 nitrogen and oxygen atoms in total. The number of likely N-dealkylation sites (N-methyl/N-ethyl adjacent to an activating group) is 1. The van der Waals surface area contributed by atoms with Gasteiger partial charge in [0.15, 0.2) is 0 Å². The molecule has 1 aliphatic carbocycles. The molecule has 2 aromatic carbocycles. The SMILES string of the molecule is COc1ccc2nc3c(cc2c1)C[C@]1(O)CN(C)CC[C@@]1(c1cccc(O)c1)C3. The summed E-state index contributed by atoms with van der Waals surface area (Å²) in [6.07, 6.45) is 2.03. The molecule has 1 aliphatic heterocycles. The second kappa shape index (κ2) is 6.44. The van der Waals surface area contributed by atoms with Crippen LogP contribution in [0.15, 0.2) is 48.5 Å². The fourth-order valence-electron chi connectivity index (χ4n) is 5.36. The third-order valence-electron chi connectivity index (χ3n) is 6.88. The van der Waals surface area contributed by atoms with Crippen LogP contribution in [0.2, 0.25) is 0 Å². The van der Waals surface area contributed by atoms with E-state index in [4.69, 9.17) is 9.72 Å². The standard InChI is InChI=1S/C24H26N2O3/c1-26-9-8-23(18-4-3-5-19(27)12-18)14-22-17(13-24(23,28)15-26)10-16-11-20(29-2)6-7-21(16)25-22/h3-7,10-12,27-28H,8-9,13-15H2,1-2H3/t23-,24-/m0/s1. The Balaban J connectivity index is 1.69. The largest absolute Gasteiger partial charge is 0.508 e. The fraction of sp³-hybridized carbons (Fsp3) is 0.375. The number of aromatic hydroxyl groups is 1. The summed E-state index contributed by atoms with van der Waals surface area (Å²) >= 11 is 0. The number of phenolic OH excluding ortho intramolecular Hbond substituents is 1. The Morgan fingerprint density at radius 1 is 1.10 bits per heavy atom. The van der Waals surface area contributed by atoms with Gasteiger partial charge in [-0.05, 0) is 67.5 Å². The molecule has 1 saturated heterocycles. The fourth-order valence-corrected chi connectivity index (χ4v) is 5.36. The molecular formula is C24H26N2O3. The summed E-state index contributed by atoms with van der Waals surface area (Å²) in [5, 5.41) is 23.2. The van der Waals surface area contributed by atoms with Crippen LogP contribution in [0.4, 0.5) is 0 Å². The van der Waals surface area contributed by atoms with E-state index in [1.54, 1.807) is 13.2 Å². The van der Waals surface area contributed by atoms with Crippen LogP contribution in [-0.2, 0) is 18.3 Å². The lowest BCUT2D eigenvalue weighted by Crippen LogP contribution is -2.66. The average molecular weight is 390 g/mol. The zero-order chi connectivity index (χ0) is 20.2. The first-order valence-electron chi connectivity index (χ1n) is 10.1. The summed E-state index contributed by atoms with van der Waals surface area (Å²) in [4.78, 5) is 7.18. The third kappa shape index (κ3) is 2.80. The molecule has 1 aromatic heterocycles. The molecule has 5 heteroatoms. The van der Waals surface area contributed by atoms with Gasteiger partial charge in [-0.25, -0.2) is 0 Å². The van der Waals surface area contributed by atoms with Crippen LogP contribution in [0.1, 0.15) is 23.2 Å². The number of β-amino-alcohol motifs (C(OH)–C–C–N with tert-alkyl or cyclic N) is 1. The first kappa shape index (κ1) is 18.4. The summed E-state index contributed by atoms with van der Waals surface area (Å²) in [5.41, 5.74) is 2.69. The van der Waals surface area contributed by atoms with E-state index in [2.05, 4.69) is 18.0 Å². The topological polar surface area (TPSA) is 65.8 Å². The molecule has 5 rings (SSSR count). The number of piperidine rings is 1. The molecule has 1 fully saturated rings. The third-order valence-corrected chi connectivity index (χ3v) is 6.88. The molecule has 2 aliphatic rings. The van der Waals surface area contributed by atoms with Gasteiger partial charge in [-0.3, -0.25) is 4.98 Å². The van der Waals surface area contributed by atoms with Crippen molar-refractivity contribution in [1.82, 2.24) is 9.88 Å². The van der Waals surface area contributed by atoms with Crippen molar-refractivity contribution in [2.45, 2.75) is 30.3 Å². The highest BCUT2D eigenvalue weighted by molar-refractivity contribution is 5.81. The van der Waals surface area contributed by atoms with E-state index in [1.807, 2.05) is 36.4 Å². The van der Waals surface area contributed by atoms with Gasteiger partial charge in [0, 0.05) is 35.9 Å². The lowest BCUT2D eigenvalue weighted by molar-refractivity contribution is -0.0976. The van der Waals surface area contributed by atoms with Gasteiger partial charge in [-0.2, -0.15) is 0 Å². The van der Waals surface area contributed by atoms with E-state index in [1.165, 1.54) is 0 Å². The quantitative estimate of drug-likeness (QED) is 0.704. The number of hydrogen-bond acceptors (Lipinski definition) is 5. The van der Waals surface area contributed by atoms with Gasteiger partial charge < -0.3 is 19.8 Å². The van der Waals surface area contributed by atoms with E-state index < -0.39 is 11.0 Å². The van der Waals surface area contributed by atoms with Crippen LogP contribution in [-0.4, -0.2) is 52.9 Å². The lowest BCUT2D eigenvalue weighted by atomic mass is 9.56. The highest BCUT2D eigenvalue weighted by atomic mass is 16.5. The Bertz CT molecular complexity index is 1100. The van der Waals surface area contributed by atoms with Gasteiger partial charge in [0.05, 0.1) is 18.2 Å². The van der Waals surface area contributed by atoms with Crippen molar-refractivity contribution in [3.63, 3.8) is 0 Å². The minimum atomic E-state index is -0.922. The molecular weight excluding hydrogens is 364 g/mol. The summed E-state index contributed by atoms with van der Waals surface area (Å²) in [6, 6.07) is 15.5. The number of benzene rings is 2. The van der Waals surface area contributed by atoms with Crippen LogP contribution in [0.5, 0.6) is 11.5 Å². The number of fused-ring (bicyclic) bond motifs is 3. The number of aromatic nitrogens is 1. The molecule has 0 amide bonds. The molecule has 0 saturated carbocycles. The highest BCUT2D eigenvalue weighted by Gasteiger charge is 2.56. The Kier molecular flexibility index (Phi) is 4.09. The first-order chi connectivity index (χ1) is 13.9. The number of aliphatic hydroxyl groups is 1. The highest BCUT2D eigenvalue weighted by Crippen LogP contribution is 2.50. The maximum absolute atomic E-state index is 12.0. The van der Waals surface area contributed by atoms with E-state index in [9.17, 15) is 10.2 Å². The minimum Gasteiger partial charge on any atom is -0.508 e. The Hall–Kier alpha value is -2.63. The van der Waals surface area contributed by atoms with Crippen LogP contribution in [0.3, 0.4) is 0 Å². The molecule has 0 bridgehead atoms. The predicted octanol–water partition coefficient (Wildman–Crippen LogP) is 3.05. The van der Waals surface area contributed by atoms with Gasteiger partial charge in [-0.15, -0.1) is 0 Å². The number of nitrogens with zero attached hydrogens (tertiary/aromatic N) is 2. The predicted molar refractivity (Wildman–Crippen MR) is 113 cm³/mol. The Labute approximate surface area is 170 Å². The maximum atomic E-state index is 12.0. The monoisotopic (exact) mass is 390 g/mol. The summed E-state index contributed by atoms with van der Waals surface area (Å²) in [7, 11) is 3.72. The maximum Gasteiger partial charge on any atom is 0.119 e. The van der Waals surface area contributed by atoms with Crippen molar-refractivity contribution in [2.75, 3.05) is 27.2 Å². The second-order valence-corrected chi connectivity index (χ2v) is 8.66. The molecule has 0 unspecified atom stereocenters. The molecule has 2 atom stereocenters. The van der Waals surface area contributed by atoms with E-state index in [0.717, 1.165) is 46.4 Å².